The summed E-state index contributed by atoms with van der Waals surface area (Å²) in [6, 6.07) is 1.11. The third-order valence-electron chi connectivity index (χ3n) is 1.77. The van der Waals surface area contributed by atoms with Crippen LogP contribution in [0.2, 0.25) is 0 Å². The Bertz CT molecular complexity index is 331. The van der Waals surface area contributed by atoms with E-state index in [-0.39, 0.29) is 29.4 Å². The van der Waals surface area contributed by atoms with Crippen LogP contribution in [0, 0.1) is 0 Å². The quantitative estimate of drug-likeness (QED) is 0.770. The standard InChI is InChI=1S/C8H11F2N3O/c1-14-8-5(3-11)4(7(9)10)2-6(12)13-8/h2,7H,3,11H2,1H3,(H2,12,13). The van der Waals surface area contributed by atoms with Gasteiger partial charge in [0.15, 0.2) is 0 Å². The number of nitrogen functional groups attached to an aromatic ring is 1. The van der Waals surface area contributed by atoms with Crippen LogP contribution < -0.4 is 16.2 Å². The molecule has 1 rings (SSSR count). The number of nitrogens with zero attached hydrogens (tertiary/aromatic N) is 1. The highest BCUT2D eigenvalue weighted by molar-refractivity contribution is 5.44. The average molecular weight is 203 g/mol. The lowest BCUT2D eigenvalue weighted by molar-refractivity contribution is 0.149. The van der Waals surface area contributed by atoms with E-state index in [4.69, 9.17) is 16.2 Å². The van der Waals surface area contributed by atoms with Gasteiger partial charge in [-0.25, -0.2) is 8.78 Å². The molecule has 1 aromatic rings. The second-order valence-electron chi connectivity index (χ2n) is 2.63. The molecule has 0 atom stereocenters. The van der Waals surface area contributed by atoms with E-state index in [1.807, 2.05) is 0 Å². The molecule has 78 valence electrons. The molecule has 0 fully saturated rings. The summed E-state index contributed by atoms with van der Waals surface area (Å²) in [5.41, 5.74) is 10.6. The number of hydrogen-bond acceptors (Lipinski definition) is 4. The lowest BCUT2D eigenvalue weighted by Gasteiger charge is -2.11. The molecule has 0 aliphatic rings. The summed E-state index contributed by atoms with van der Waals surface area (Å²) in [5.74, 6) is 0.0529. The van der Waals surface area contributed by atoms with Crippen molar-refractivity contribution in [2.24, 2.45) is 5.73 Å². The molecule has 6 heteroatoms. The maximum atomic E-state index is 12.5. The normalized spacial score (nSPS) is 10.6. The van der Waals surface area contributed by atoms with Crippen LogP contribution in [0.15, 0.2) is 6.07 Å². The highest BCUT2D eigenvalue weighted by Gasteiger charge is 2.18. The van der Waals surface area contributed by atoms with Gasteiger partial charge in [-0.15, -0.1) is 0 Å². The van der Waals surface area contributed by atoms with Crippen LogP contribution in [-0.2, 0) is 6.54 Å². The van der Waals surface area contributed by atoms with Crippen molar-refractivity contribution in [1.29, 1.82) is 0 Å². The van der Waals surface area contributed by atoms with Gasteiger partial charge in [0.2, 0.25) is 5.88 Å². The molecule has 0 spiro atoms. The molecule has 0 aliphatic carbocycles. The van der Waals surface area contributed by atoms with E-state index in [0.29, 0.717) is 0 Å². The Labute approximate surface area is 79.9 Å². The molecule has 0 saturated heterocycles. The van der Waals surface area contributed by atoms with Crippen LogP contribution in [0.5, 0.6) is 5.88 Å². The molecule has 0 amide bonds. The highest BCUT2D eigenvalue weighted by Crippen LogP contribution is 2.29. The van der Waals surface area contributed by atoms with Gasteiger partial charge in [0.1, 0.15) is 5.82 Å². The SMILES string of the molecule is COc1nc(N)cc(C(F)F)c1CN. The average Bonchev–Trinajstić information content (AvgIpc) is 2.16. The molecule has 0 bridgehead atoms. The number of halogens is 2. The van der Waals surface area contributed by atoms with Crippen LogP contribution in [0.3, 0.4) is 0 Å². The zero-order valence-electron chi connectivity index (χ0n) is 7.63. The zero-order valence-corrected chi connectivity index (χ0v) is 7.63. The highest BCUT2D eigenvalue weighted by atomic mass is 19.3. The molecule has 0 aromatic carbocycles. The number of alkyl halides is 2. The summed E-state index contributed by atoms with van der Waals surface area (Å²) in [6.45, 7) is -0.0594. The number of rotatable bonds is 3. The molecule has 0 aliphatic heterocycles. The van der Waals surface area contributed by atoms with Gasteiger partial charge in [0.05, 0.1) is 7.11 Å². The minimum absolute atomic E-state index is 0.00523. The predicted octanol–water partition coefficient (Wildman–Crippen LogP) is 1.07. The number of methoxy groups -OCH3 is 1. The van der Waals surface area contributed by atoms with Gasteiger partial charge in [-0.2, -0.15) is 4.98 Å². The topological polar surface area (TPSA) is 74.2 Å². The maximum absolute atomic E-state index is 12.5. The molecular formula is C8H11F2N3O. The maximum Gasteiger partial charge on any atom is 0.264 e. The number of nitrogens with two attached hydrogens (primary N) is 2. The van der Waals surface area contributed by atoms with Gasteiger partial charge >= 0.3 is 0 Å². The van der Waals surface area contributed by atoms with Crippen molar-refractivity contribution >= 4 is 5.82 Å². The van der Waals surface area contributed by atoms with Gasteiger partial charge in [-0.05, 0) is 6.07 Å². The number of aromatic nitrogens is 1. The van der Waals surface area contributed by atoms with Crippen molar-refractivity contribution in [2.75, 3.05) is 12.8 Å². The summed E-state index contributed by atoms with van der Waals surface area (Å²) >= 11 is 0. The number of hydrogen-bond donors (Lipinski definition) is 2. The Morgan fingerprint density at radius 2 is 2.21 bits per heavy atom. The second-order valence-corrected chi connectivity index (χ2v) is 2.63. The van der Waals surface area contributed by atoms with Crippen LogP contribution >= 0.6 is 0 Å². The molecule has 14 heavy (non-hydrogen) atoms. The summed E-state index contributed by atoms with van der Waals surface area (Å²) in [6.07, 6.45) is -2.63. The summed E-state index contributed by atoms with van der Waals surface area (Å²) in [4.78, 5) is 3.75. The van der Waals surface area contributed by atoms with Crippen LogP contribution in [0.4, 0.5) is 14.6 Å². The van der Waals surface area contributed by atoms with Crippen molar-refractivity contribution in [2.45, 2.75) is 13.0 Å². The zero-order chi connectivity index (χ0) is 10.7. The summed E-state index contributed by atoms with van der Waals surface area (Å²) in [7, 11) is 1.33. The van der Waals surface area contributed by atoms with Gasteiger partial charge in [-0.1, -0.05) is 0 Å². The largest absolute Gasteiger partial charge is 0.481 e. The molecule has 4 nitrogen and oxygen atoms in total. The van der Waals surface area contributed by atoms with Crippen molar-refractivity contribution in [3.63, 3.8) is 0 Å². The Hall–Kier alpha value is -1.43. The van der Waals surface area contributed by atoms with Crippen LogP contribution in [0.25, 0.3) is 0 Å². The Morgan fingerprint density at radius 1 is 1.57 bits per heavy atom. The van der Waals surface area contributed by atoms with E-state index < -0.39 is 6.43 Å². The first-order valence-electron chi connectivity index (χ1n) is 3.91. The Balaban J connectivity index is 3.31. The molecular weight excluding hydrogens is 192 g/mol. The first-order chi connectivity index (χ1) is 6.60. The van der Waals surface area contributed by atoms with Gasteiger partial charge in [-0.3, -0.25) is 0 Å². The van der Waals surface area contributed by atoms with Gasteiger partial charge in [0, 0.05) is 17.7 Å². The Kier molecular flexibility index (Phi) is 3.19. The van der Waals surface area contributed by atoms with Crippen molar-refractivity contribution in [1.82, 2.24) is 4.98 Å². The van der Waals surface area contributed by atoms with E-state index in [1.165, 1.54) is 7.11 Å². The molecule has 4 N–H and O–H groups in total. The van der Waals surface area contributed by atoms with Crippen molar-refractivity contribution in [3.8, 4) is 5.88 Å². The molecule has 0 radical (unpaired) electrons. The molecule has 0 unspecified atom stereocenters. The van der Waals surface area contributed by atoms with Crippen molar-refractivity contribution in [3.05, 3.63) is 17.2 Å². The minimum atomic E-state index is -2.63. The second kappa shape index (κ2) is 4.19. The van der Waals surface area contributed by atoms with E-state index in [1.54, 1.807) is 0 Å². The molecule has 0 saturated carbocycles. The minimum Gasteiger partial charge on any atom is -0.481 e. The van der Waals surface area contributed by atoms with Crippen molar-refractivity contribution < 1.29 is 13.5 Å². The first-order valence-corrected chi connectivity index (χ1v) is 3.91. The molecule has 1 aromatic heterocycles. The van der Waals surface area contributed by atoms with Crippen LogP contribution in [0.1, 0.15) is 17.6 Å². The first kappa shape index (κ1) is 10.6. The lowest BCUT2D eigenvalue weighted by atomic mass is 10.1. The van der Waals surface area contributed by atoms with E-state index in [0.717, 1.165) is 6.07 Å². The molecule has 1 heterocycles. The third-order valence-corrected chi connectivity index (χ3v) is 1.77. The van der Waals surface area contributed by atoms with E-state index >= 15 is 0 Å². The lowest BCUT2D eigenvalue weighted by Crippen LogP contribution is -2.08. The van der Waals surface area contributed by atoms with Crippen LogP contribution in [-0.4, -0.2) is 12.1 Å². The number of anilines is 1. The third kappa shape index (κ3) is 1.90. The van der Waals surface area contributed by atoms with Gasteiger partial charge in [0.25, 0.3) is 6.43 Å². The summed E-state index contributed by atoms with van der Waals surface area (Å²) in [5, 5.41) is 0. The number of pyridine rings is 1. The fourth-order valence-electron chi connectivity index (χ4n) is 1.16. The predicted molar refractivity (Wildman–Crippen MR) is 48.0 cm³/mol. The number of ether oxygens (including phenoxy) is 1. The summed E-state index contributed by atoms with van der Waals surface area (Å²) < 4.78 is 29.8. The smallest absolute Gasteiger partial charge is 0.264 e. The van der Waals surface area contributed by atoms with Gasteiger partial charge < -0.3 is 16.2 Å². The monoisotopic (exact) mass is 203 g/mol. The van der Waals surface area contributed by atoms with E-state index in [9.17, 15) is 8.78 Å². The van der Waals surface area contributed by atoms with E-state index in [2.05, 4.69) is 4.98 Å². The fourth-order valence-corrected chi connectivity index (χ4v) is 1.16. The fraction of sp³-hybridized carbons (Fsp3) is 0.375. The Morgan fingerprint density at radius 3 is 2.64 bits per heavy atom.